The molecular weight excluding hydrogens is 390 g/mol. The highest BCUT2D eigenvalue weighted by molar-refractivity contribution is 7.80. The quantitative estimate of drug-likeness (QED) is 0.559. The van der Waals surface area contributed by atoms with Crippen molar-refractivity contribution >= 4 is 28.9 Å². The van der Waals surface area contributed by atoms with Gasteiger partial charge in [-0.25, -0.2) is 0 Å². The van der Waals surface area contributed by atoms with E-state index >= 15 is 0 Å². The Labute approximate surface area is 175 Å². The number of benzene rings is 1. The molecule has 1 N–H and O–H groups in total. The molecule has 1 saturated heterocycles. The molecule has 0 radical (unpaired) electrons. The van der Waals surface area contributed by atoms with E-state index in [-0.39, 0.29) is 18.1 Å². The van der Waals surface area contributed by atoms with Gasteiger partial charge < -0.3 is 14.6 Å². The lowest BCUT2D eigenvalue weighted by atomic mass is 10.0. The monoisotopic (exact) mass is 411 g/mol. The molecule has 1 aliphatic heterocycles. The summed E-state index contributed by atoms with van der Waals surface area (Å²) >= 11 is 11.9. The Hall–Kier alpha value is -2.37. The van der Waals surface area contributed by atoms with Gasteiger partial charge in [-0.3, -0.25) is 4.98 Å². The van der Waals surface area contributed by atoms with Crippen LogP contribution in [0.2, 0.25) is 5.02 Å². The minimum absolute atomic E-state index is 0.0735. The fraction of sp³-hybridized carbons (Fsp3) is 0.273. The Balaban J connectivity index is 1.77. The van der Waals surface area contributed by atoms with Crippen LogP contribution in [0.3, 0.4) is 0 Å². The Kier molecular flexibility index (Phi) is 5.13. The summed E-state index contributed by atoms with van der Waals surface area (Å²) in [6, 6.07) is 15.9. The molecule has 0 unspecified atom stereocenters. The van der Waals surface area contributed by atoms with Gasteiger partial charge in [0, 0.05) is 22.8 Å². The molecule has 1 fully saturated rings. The van der Waals surface area contributed by atoms with Gasteiger partial charge in [-0.2, -0.15) is 0 Å². The van der Waals surface area contributed by atoms with E-state index in [9.17, 15) is 0 Å². The number of hydrogen-bond donors (Lipinski definition) is 1. The van der Waals surface area contributed by atoms with E-state index in [1.165, 1.54) is 0 Å². The lowest BCUT2D eigenvalue weighted by molar-refractivity contribution is 0.237. The maximum atomic E-state index is 6.34. The number of nitrogens with zero attached hydrogens (tertiary/aromatic N) is 2. The number of hydrogen-bond acceptors (Lipinski definition) is 3. The van der Waals surface area contributed by atoms with Crippen molar-refractivity contribution in [3.63, 3.8) is 0 Å². The number of pyridine rings is 1. The van der Waals surface area contributed by atoms with Crippen LogP contribution < -0.4 is 5.32 Å². The van der Waals surface area contributed by atoms with E-state index < -0.39 is 0 Å². The van der Waals surface area contributed by atoms with Crippen molar-refractivity contribution in [1.29, 1.82) is 0 Å². The topological polar surface area (TPSA) is 41.3 Å². The molecule has 0 spiro atoms. The minimum atomic E-state index is -0.0736. The van der Waals surface area contributed by atoms with Crippen molar-refractivity contribution in [2.45, 2.75) is 38.9 Å². The molecule has 2 atom stereocenters. The van der Waals surface area contributed by atoms with Crippen molar-refractivity contribution in [3.05, 3.63) is 76.8 Å². The summed E-state index contributed by atoms with van der Waals surface area (Å²) in [5.74, 6) is 1.65. The van der Waals surface area contributed by atoms with Crippen LogP contribution in [0.5, 0.6) is 0 Å². The average Bonchev–Trinajstić information content (AvgIpc) is 3.29. The second-order valence-electron chi connectivity index (χ2n) is 7.24. The fourth-order valence-corrected chi connectivity index (χ4v) is 4.38. The van der Waals surface area contributed by atoms with Gasteiger partial charge >= 0.3 is 0 Å². The number of rotatable bonds is 4. The molecule has 6 heteroatoms. The van der Waals surface area contributed by atoms with Gasteiger partial charge in [0.15, 0.2) is 5.11 Å². The van der Waals surface area contributed by atoms with E-state index in [1.807, 2.05) is 55.5 Å². The van der Waals surface area contributed by atoms with E-state index in [2.05, 4.69) is 29.0 Å². The molecule has 1 aliphatic rings. The summed E-state index contributed by atoms with van der Waals surface area (Å²) in [5, 5.41) is 4.88. The Bertz CT molecular complexity index is 1000. The van der Waals surface area contributed by atoms with Gasteiger partial charge in [0.25, 0.3) is 0 Å². The third-order valence-corrected chi connectivity index (χ3v) is 5.88. The molecule has 4 nitrogen and oxygen atoms in total. The number of thiocarbonyl (C=S) groups is 1. The SMILES string of the molecule is Cc1c(Cl)cccc1-c1ccc([C@H]2[C@@H](c3ccccn3)NC(=S)N2C(C)C)o1. The van der Waals surface area contributed by atoms with Gasteiger partial charge in [-0.05, 0) is 68.9 Å². The first-order chi connectivity index (χ1) is 13.5. The van der Waals surface area contributed by atoms with Gasteiger partial charge in [0.1, 0.15) is 17.6 Å². The first kappa shape index (κ1) is 19.0. The Morgan fingerprint density at radius 1 is 1.14 bits per heavy atom. The predicted octanol–water partition coefficient (Wildman–Crippen LogP) is 5.68. The second-order valence-corrected chi connectivity index (χ2v) is 8.04. The molecule has 3 heterocycles. The standard InChI is InChI=1S/C22H22ClN3OS/c1-13(2)26-21(20(25-22(26)28)17-9-4-5-12-24-17)19-11-10-18(27-19)15-7-6-8-16(23)14(15)3/h4-13,20-21H,1-3H3,(H,25,28)/t20-,21+/m1/s1. The zero-order valence-corrected chi connectivity index (χ0v) is 17.6. The molecule has 0 aliphatic carbocycles. The summed E-state index contributed by atoms with van der Waals surface area (Å²) in [5.41, 5.74) is 2.94. The maximum absolute atomic E-state index is 6.34. The zero-order chi connectivity index (χ0) is 19.8. The molecule has 0 amide bonds. The average molecular weight is 412 g/mol. The second kappa shape index (κ2) is 7.57. The minimum Gasteiger partial charge on any atom is -0.459 e. The van der Waals surface area contributed by atoms with Crippen LogP contribution in [0.25, 0.3) is 11.3 Å². The molecule has 144 valence electrons. The van der Waals surface area contributed by atoms with Gasteiger partial charge in [-0.15, -0.1) is 0 Å². The van der Waals surface area contributed by atoms with E-state index in [4.69, 9.17) is 28.2 Å². The summed E-state index contributed by atoms with van der Waals surface area (Å²) < 4.78 is 6.34. The first-order valence-electron chi connectivity index (χ1n) is 9.32. The van der Waals surface area contributed by atoms with Gasteiger partial charge in [0.05, 0.1) is 11.7 Å². The largest absolute Gasteiger partial charge is 0.459 e. The number of halogens is 1. The molecular formula is C22H22ClN3OS. The lowest BCUT2D eigenvalue weighted by Crippen LogP contribution is -2.35. The van der Waals surface area contributed by atoms with Gasteiger partial charge in [-0.1, -0.05) is 29.8 Å². The van der Waals surface area contributed by atoms with Crippen LogP contribution in [0.15, 0.2) is 59.1 Å². The normalized spacial score (nSPS) is 19.3. The van der Waals surface area contributed by atoms with Crippen LogP contribution in [0.1, 0.15) is 42.9 Å². The number of furan rings is 1. The van der Waals surface area contributed by atoms with Gasteiger partial charge in [0.2, 0.25) is 0 Å². The Morgan fingerprint density at radius 2 is 1.96 bits per heavy atom. The molecule has 0 bridgehead atoms. The predicted molar refractivity (Wildman–Crippen MR) is 116 cm³/mol. The van der Waals surface area contributed by atoms with Crippen molar-refractivity contribution < 1.29 is 4.42 Å². The molecule has 2 aromatic heterocycles. The third-order valence-electron chi connectivity index (χ3n) is 5.14. The molecule has 28 heavy (non-hydrogen) atoms. The van der Waals surface area contributed by atoms with Crippen LogP contribution in [0.4, 0.5) is 0 Å². The van der Waals surface area contributed by atoms with E-state index in [1.54, 1.807) is 6.20 Å². The lowest BCUT2D eigenvalue weighted by Gasteiger charge is -2.29. The molecule has 4 rings (SSSR count). The smallest absolute Gasteiger partial charge is 0.170 e. The summed E-state index contributed by atoms with van der Waals surface area (Å²) in [7, 11) is 0. The summed E-state index contributed by atoms with van der Waals surface area (Å²) in [6.45, 7) is 6.27. The van der Waals surface area contributed by atoms with E-state index in [0.717, 1.165) is 33.4 Å². The van der Waals surface area contributed by atoms with Crippen molar-refractivity contribution in [1.82, 2.24) is 15.2 Å². The summed E-state index contributed by atoms with van der Waals surface area (Å²) in [4.78, 5) is 6.73. The van der Waals surface area contributed by atoms with Crippen molar-refractivity contribution in [3.8, 4) is 11.3 Å². The highest BCUT2D eigenvalue weighted by atomic mass is 35.5. The number of nitrogens with one attached hydrogen (secondary N) is 1. The molecule has 3 aromatic rings. The first-order valence-corrected chi connectivity index (χ1v) is 10.1. The maximum Gasteiger partial charge on any atom is 0.170 e. The Morgan fingerprint density at radius 3 is 2.68 bits per heavy atom. The zero-order valence-electron chi connectivity index (χ0n) is 16.0. The highest BCUT2D eigenvalue weighted by Gasteiger charge is 2.42. The third kappa shape index (κ3) is 3.29. The van der Waals surface area contributed by atoms with Crippen LogP contribution in [-0.2, 0) is 0 Å². The van der Waals surface area contributed by atoms with Crippen LogP contribution >= 0.6 is 23.8 Å². The highest BCUT2D eigenvalue weighted by Crippen LogP contribution is 2.42. The fourth-order valence-electron chi connectivity index (χ4n) is 3.76. The molecule has 0 saturated carbocycles. The van der Waals surface area contributed by atoms with Crippen LogP contribution in [-0.4, -0.2) is 21.0 Å². The van der Waals surface area contributed by atoms with Crippen molar-refractivity contribution in [2.75, 3.05) is 0 Å². The van der Waals surface area contributed by atoms with Crippen molar-refractivity contribution in [2.24, 2.45) is 0 Å². The van der Waals surface area contributed by atoms with Crippen LogP contribution in [0, 0.1) is 6.92 Å². The summed E-state index contributed by atoms with van der Waals surface area (Å²) in [6.07, 6.45) is 1.80. The molecule has 1 aromatic carbocycles. The number of aromatic nitrogens is 1. The van der Waals surface area contributed by atoms with E-state index in [0.29, 0.717) is 5.11 Å².